The van der Waals surface area contributed by atoms with Crippen LogP contribution < -0.4 is 10.1 Å². The third-order valence-electron chi connectivity index (χ3n) is 2.88. The summed E-state index contributed by atoms with van der Waals surface area (Å²) in [4.78, 5) is 8.86. The molecular formula is C16H26BrN3O. The number of halogens is 1. The zero-order valence-corrected chi connectivity index (χ0v) is 15.2. The molecule has 0 unspecified atom stereocenters. The van der Waals surface area contributed by atoms with Gasteiger partial charge in [-0.25, -0.2) is 9.98 Å². The number of aryl methyl sites for hydroxylation is 1. The monoisotopic (exact) mass is 355 g/mol. The van der Waals surface area contributed by atoms with Crippen molar-refractivity contribution in [2.24, 2.45) is 10.9 Å². The van der Waals surface area contributed by atoms with E-state index in [0.717, 1.165) is 22.3 Å². The highest BCUT2D eigenvalue weighted by atomic mass is 79.9. The van der Waals surface area contributed by atoms with Gasteiger partial charge in [-0.2, -0.15) is 0 Å². The average molecular weight is 356 g/mol. The van der Waals surface area contributed by atoms with Crippen LogP contribution in [0.1, 0.15) is 46.2 Å². The SMILES string of the molecule is Cc1nc(OCCCC(C)C)c(Br)cc1/N=C/NC(C)C. The molecule has 118 valence electrons. The van der Waals surface area contributed by atoms with Gasteiger partial charge in [0.1, 0.15) is 0 Å². The Bertz CT molecular complexity index is 473. The second kappa shape index (κ2) is 9.03. The van der Waals surface area contributed by atoms with Crippen molar-refractivity contribution in [3.63, 3.8) is 0 Å². The van der Waals surface area contributed by atoms with Crippen LogP contribution >= 0.6 is 15.9 Å². The number of aromatic nitrogens is 1. The van der Waals surface area contributed by atoms with Crippen molar-refractivity contribution in [2.45, 2.75) is 53.5 Å². The summed E-state index contributed by atoms with van der Waals surface area (Å²) in [7, 11) is 0. The number of ether oxygens (including phenoxy) is 1. The first-order chi connectivity index (χ1) is 9.90. The molecule has 1 heterocycles. The van der Waals surface area contributed by atoms with Gasteiger partial charge < -0.3 is 10.1 Å². The summed E-state index contributed by atoms with van der Waals surface area (Å²) >= 11 is 3.50. The highest BCUT2D eigenvalue weighted by molar-refractivity contribution is 9.10. The molecular weight excluding hydrogens is 330 g/mol. The highest BCUT2D eigenvalue weighted by Crippen LogP contribution is 2.29. The summed E-state index contributed by atoms with van der Waals surface area (Å²) in [6, 6.07) is 2.31. The van der Waals surface area contributed by atoms with Crippen LogP contribution in [0.4, 0.5) is 5.69 Å². The van der Waals surface area contributed by atoms with Crippen LogP contribution in [0.3, 0.4) is 0 Å². The van der Waals surface area contributed by atoms with Gasteiger partial charge in [-0.1, -0.05) is 13.8 Å². The molecule has 0 saturated heterocycles. The lowest BCUT2D eigenvalue weighted by Gasteiger charge is -2.10. The van der Waals surface area contributed by atoms with Gasteiger partial charge in [0.2, 0.25) is 5.88 Å². The van der Waals surface area contributed by atoms with Gasteiger partial charge in [0, 0.05) is 6.04 Å². The minimum atomic E-state index is 0.369. The van der Waals surface area contributed by atoms with Gasteiger partial charge in [-0.3, -0.25) is 0 Å². The summed E-state index contributed by atoms with van der Waals surface area (Å²) in [6.07, 6.45) is 3.92. The van der Waals surface area contributed by atoms with Gasteiger partial charge in [-0.05, 0) is 61.5 Å². The number of hydrogen-bond donors (Lipinski definition) is 1. The summed E-state index contributed by atoms with van der Waals surface area (Å²) in [6.45, 7) is 11.2. The van der Waals surface area contributed by atoms with Crippen LogP contribution in [0.15, 0.2) is 15.5 Å². The minimum absolute atomic E-state index is 0.369. The fraction of sp³-hybridized carbons (Fsp3) is 0.625. The maximum absolute atomic E-state index is 5.74. The van der Waals surface area contributed by atoms with E-state index in [1.165, 1.54) is 6.42 Å². The number of rotatable bonds is 8. The summed E-state index contributed by atoms with van der Waals surface area (Å²) in [5, 5.41) is 3.14. The molecule has 4 nitrogen and oxygen atoms in total. The lowest BCUT2D eigenvalue weighted by Crippen LogP contribution is -2.20. The van der Waals surface area contributed by atoms with Crippen molar-refractivity contribution in [1.29, 1.82) is 0 Å². The van der Waals surface area contributed by atoms with E-state index >= 15 is 0 Å². The first-order valence-corrected chi connectivity index (χ1v) is 8.28. The number of nitrogens with zero attached hydrogens (tertiary/aromatic N) is 2. The Morgan fingerprint density at radius 1 is 1.38 bits per heavy atom. The van der Waals surface area contributed by atoms with Crippen molar-refractivity contribution in [2.75, 3.05) is 6.61 Å². The standard InChI is InChI=1S/C16H26BrN3O/c1-11(2)7-6-8-21-16-14(17)9-15(13(5)20-16)19-10-18-12(3)4/h9-12H,6-8H2,1-5H3,(H,18,19). The van der Waals surface area contributed by atoms with E-state index in [4.69, 9.17) is 4.74 Å². The van der Waals surface area contributed by atoms with Crippen molar-refractivity contribution in [3.8, 4) is 5.88 Å². The van der Waals surface area contributed by atoms with E-state index in [-0.39, 0.29) is 0 Å². The van der Waals surface area contributed by atoms with E-state index < -0.39 is 0 Å². The smallest absolute Gasteiger partial charge is 0.228 e. The maximum Gasteiger partial charge on any atom is 0.228 e. The molecule has 0 aliphatic carbocycles. The summed E-state index contributed by atoms with van der Waals surface area (Å²) in [5.74, 6) is 1.35. The van der Waals surface area contributed by atoms with Crippen LogP contribution in [0.25, 0.3) is 0 Å². The van der Waals surface area contributed by atoms with Crippen molar-refractivity contribution < 1.29 is 4.74 Å². The van der Waals surface area contributed by atoms with E-state index in [2.05, 4.69) is 58.9 Å². The van der Waals surface area contributed by atoms with Crippen LogP contribution in [0, 0.1) is 12.8 Å². The predicted molar refractivity (Wildman–Crippen MR) is 92.7 cm³/mol. The van der Waals surface area contributed by atoms with Gasteiger partial charge in [0.05, 0.1) is 28.8 Å². The van der Waals surface area contributed by atoms with Crippen LogP contribution in [0.5, 0.6) is 5.88 Å². The van der Waals surface area contributed by atoms with Gasteiger partial charge in [0.25, 0.3) is 0 Å². The molecule has 1 aromatic heterocycles. The second-order valence-electron chi connectivity index (χ2n) is 5.84. The van der Waals surface area contributed by atoms with Crippen LogP contribution in [0.2, 0.25) is 0 Å². The van der Waals surface area contributed by atoms with Crippen LogP contribution in [-0.4, -0.2) is 24.0 Å². The Balaban J connectivity index is 2.64. The molecule has 0 aliphatic rings. The van der Waals surface area contributed by atoms with E-state index in [1.807, 2.05) is 13.0 Å². The topological polar surface area (TPSA) is 46.5 Å². The van der Waals surface area contributed by atoms with Crippen LogP contribution in [-0.2, 0) is 0 Å². The summed E-state index contributed by atoms with van der Waals surface area (Å²) < 4.78 is 6.58. The molecule has 1 N–H and O–H groups in total. The Hall–Kier alpha value is -1.10. The van der Waals surface area contributed by atoms with Crippen molar-refractivity contribution in [1.82, 2.24) is 10.3 Å². The number of aliphatic imine (C=N–C) groups is 1. The van der Waals surface area contributed by atoms with Crippen molar-refractivity contribution >= 4 is 28.0 Å². The van der Waals surface area contributed by atoms with E-state index in [0.29, 0.717) is 24.4 Å². The zero-order chi connectivity index (χ0) is 15.8. The second-order valence-corrected chi connectivity index (χ2v) is 6.70. The minimum Gasteiger partial charge on any atom is -0.477 e. The number of hydrogen-bond acceptors (Lipinski definition) is 3. The molecule has 0 radical (unpaired) electrons. The molecule has 0 saturated carbocycles. The maximum atomic E-state index is 5.74. The Morgan fingerprint density at radius 3 is 2.71 bits per heavy atom. The molecule has 0 fully saturated rings. The lowest BCUT2D eigenvalue weighted by atomic mass is 10.1. The highest BCUT2D eigenvalue weighted by Gasteiger charge is 2.08. The molecule has 0 atom stereocenters. The third-order valence-corrected chi connectivity index (χ3v) is 3.45. The predicted octanol–water partition coefficient (Wildman–Crippen LogP) is 4.63. The molecule has 0 spiro atoms. The molecule has 0 aliphatic heterocycles. The molecule has 1 rings (SSSR count). The fourth-order valence-electron chi connectivity index (χ4n) is 1.70. The number of nitrogens with one attached hydrogen (secondary N) is 1. The molecule has 5 heteroatoms. The van der Waals surface area contributed by atoms with Crippen molar-refractivity contribution in [3.05, 3.63) is 16.2 Å². The zero-order valence-electron chi connectivity index (χ0n) is 13.6. The lowest BCUT2D eigenvalue weighted by molar-refractivity contribution is 0.285. The number of pyridine rings is 1. The van der Waals surface area contributed by atoms with Gasteiger partial charge in [-0.15, -0.1) is 0 Å². The summed E-state index contributed by atoms with van der Waals surface area (Å²) in [5.41, 5.74) is 1.70. The molecule has 21 heavy (non-hydrogen) atoms. The molecule has 1 aromatic rings. The van der Waals surface area contributed by atoms with Gasteiger partial charge >= 0.3 is 0 Å². The fourth-order valence-corrected chi connectivity index (χ4v) is 2.12. The van der Waals surface area contributed by atoms with E-state index in [9.17, 15) is 0 Å². The normalized spacial score (nSPS) is 11.6. The molecule has 0 aromatic carbocycles. The largest absolute Gasteiger partial charge is 0.477 e. The Labute approximate surface area is 136 Å². The Morgan fingerprint density at radius 2 is 2.10 bits per heavy atom. The average Bonchev–Trinajstić information content (AvgIpc) is 2.38. The van der Waals surface area contributed by atoms with E-state index in [1.54, 1.807) is 6.34 Å². The Kier molecular flexibility index (Phi) is 7.72. The molecule has 0 amide bonds. The quantitative estimate of drug-likeness (QED) is 0.420. The molecule has 0 bridgehead atoms. The third kappa shape index (κ3) is 6.93. The van der Waals surface area contributed by atoms with Gasteiger partial charge in [0.15, 0.2) is 0 Å². The first-order valence-electron chi connectivity index (χ1n) is 7.48. The first kappa shape index (κ1) is 18.0.